The lowest BCUT2D eigenvalue weighted by molar-refractivity contribution is -0.120. The molecule has 0 spiro atoms. The first-order valence-electron chi connectivity index (χ1n) is 7.30. The van der Waals surface area contributed by atoms with Crippen molar-refractivity contribution >= 4 is 5.91 Å². The van der Waals surface area contributed by atoms with Gasteiger partial charge in [-0.25, -0.2) is 0 Å². The lowest BCUT2D eigenvalue weighted by Crippen LogP contribution is -2.37. The summed E-state index contributed by atoms with van der Waals surface area (Å²) in [5.41, 5.74) is 2.11. The van der Waals surface area contributed by atoms with Gasteiger partial charge in [0.05, 0.1) is 12.6 Å². The van der Waals surface area contributed by atoms with E-state index >= 15 is 0 Å². The smallest absolute Gasteiger partial charge is 0.234 e. The van der Waals surface area contributed by atoms with Gasteiger partial charge in [-0.05, 0) is 36.1 Å². The highest BCUT2D eigenvalue weighted by atomic mass is 16.2. The zero-order valence-corrected chi connectivity index (χ0v) is 11.8. The molecule has 108 valence electrons. The van der Waals surface area contributed by atoms with Crippen molar-refractivity contribution in [2.75, 3.05) is 6.54 Å². The minimum absolute atomic E-state index is 0.0209. The van der Waals surface area contributed by atoms with Crippen LogP contribution in [-0.2, 0) is 4.79 Å². The number of carbonyl (C=O) groups excluding carboxylic acids is 1. The van der Waals surface area contributed by atoms with E-state index in [9.17, 15) is 4.79 Å². The maximum Gasteiger partial charge on any atom is 0.234 e. The summed E-state index contributed by atoms with van der Waals surface area (Å²) in [4.78, 5) is 16.2. The summed E-state index contributed by atoms with van der Waals surface area (Å²) in [5, 5.41) is 6.34. The van der Waals surface area contributed by atoms with Crippen LogP contribution in [0.4, 0.5) is 0 Å². The number of pyridine rings is 1. The number of rotatable bonds is 6. The van der Waals surface area contributed by atoms with Gasteiger partial charge < -0.3 is 10.6 Å². The Hall–Kier alpha value is -2.20. The third-order valence-corrected chi connectivity index (χ3v) is 3.61. The van der Waals surface area contributed by atoms with Crippen molar-refractivity contribution in [3.05, 3.63) is 66.0 Å². The standard InChI is InChI=1S/C17H19N3O/c21-16(12-19-15-6-7-15)20-17(13-4-2-1-3-5-13)14-8-10-18-11-9-14/h1-5,8-11,15,17,19H,6-7,12H2,(H,20,21). The number of carbonyl (C=O) groups is 1. The van der Waals surface area contributed by atoms with E-state index in [1.54, 1.807) is 12.4 Å². The van der Waals surface area contributed by atoms with Crippen molar-refractivity contribution in [2.45, 2.75) is 24.9 Å². The van der Waals surface area contributed by atoms with Crippen molar-refractivity contribution in [2.24, 2.45) is 0 Å². The van der Waals surface area contributed by atoms with Gasteiger partial charge in [0, 0.05) is 18.4 Å². The fourth-order valence-corrected chi connectivity index (χ4v) is 2.30. The second kappa shape index (κ2) is 6.50. The third-order valence-electron chi connectivity index (χ3n) is 3.61. The van der Waals surface area contributed by atoms with Crippen LogP contribution in [-0.4, -0.2) is 23.5 Å². The molecule has 0 radical (unpaired) electrons. The minimum atomic E-state index is -0.136. The summed E-state index contributed by atoms with van der Waals surface area (Å²) in [5.74, 6) is 0.0209. The van der Waals surface area contributed by atoms with Gasteiger partial charge in [-0.3, -0.25) is 9.78 Å². The Morgan fingerprint density at radius 2 is 1.76 bits per heavy atom. The van der Waals surface area contributed by atoms with Crippen LogP contribution in [0.1, 0.15) is 30.0 Å². The summed E-state index contributed by atoms with van der Waals surface area (Å²) < 4.78 is 0. The van der Waals surface area contributed by atoms with Crippen LogP contribution in [0.2, 0.25) is 0 Å². The summed E-state index contributed by atoms with van der Waals surface area (Å²) in [6.07, 6.45) is 5.86. The van der Waals surface area contributed by atoms with Crippen molar-refractivity contribution in [1.82, 2.24) is 15.6 Å². The summed E-state index contributed by atoms with van der Waals surface area (Å²) in [7, 11) is 0. The second-order valence-corrected chi connectivity index (χ2v) is 5.35. The van der Waals surface area contributed by atoms with Crippen LogP contribution >= 0.6 is 0 Å². The van der Waals surface area contributed by atoms with Crippen molar-refractivity contribution < 1.29 is 4.79 Å². The Bertz CT molecular complexity index is 542. The molecule has 1 amide bonds. The number of nitrogens with zero attached hydrogens (tertiary/aromatic N) is 1. The molecule has 1 aromatic heterocycles. The average molecular weight is 281 g/mol. The van der Waals surface area contributed by atoms with E-state index in [4.69, 9.17) is 0 Å². The summed E-state index contributed by atoms with van der Waals surface area (Å²) in [6.45, 7) is 0.374. The predicted octanol–water partition coefficient (Wildman–Crippen LogP) is 2.04. The first kappa shape index (κ1) is 13.8. The highest BCUT2D eigenvalue weighted by molar-refractivity contribution is 5.79. The van der Waals surface area contributed by atoms with Gasteiger partial charge in [-0.15, -0.1) is 0 Å². The monoisotopic (exact) mass is 281 g/mol. The van der Waals surface area contributed by atoms with Crippen molar-refractivity contribution in [1.29, 1.82) is 0 Å². The minimum Gasteiger partial charge on any atom is -0.344 e. The molecule has 1 atom stereocenters. The van der Waals surface area contributed by atoms with Gasteiger partial charge in [0.15, 0.2) is 0 Å². The number of hydrogen-bond donors (Lipinski definition) is 2. The molecule has 1 fully saturated rings. The van der Waals surface area contributed by atoms with E-state index < -0.39 is 0 Å². The molecule has 1 saturated carbocycles. The zero-order chi connectivity index (χ0) is 14.5. The Morgan fingerprint density at radius 1 is 1.10 bits per heavy atom. The third kappa shape index (κ3) is 3.89. The average Bonchev–Trinajstić information content (AvgIpc) is 3.37. The number of hydrogen-bond acceptors (Lipinski definition) is 3. The molecule has 1 aliphatic carbocycles. The van der Waals surface area contributed by atoms with Crippen LogP contribution < -0.4 is 10.6 Å². The highest BCUT2D eigenvalue weighted by Gasteiger charge is 2.22. The molecule has 2 N–H and O–H groups in total. The van der Waals surface area contributed by atoms with Crippen molar-refractivity contribution in [3.63, 3.8) is 0 Å². The van der Waals surface area contributed by atoms with Crippen LogP contribution in [0.5, 0.6) is 0 Å². The van der Waals surface area contributed by atoms with Crippen LogP contribution in [0, 0.1) is 0 Å². The zero-order valence-electron chi connectivity index (χ0n) is 11.8. The van der Waals surface area contributed by atoms with E-state index in [1.165, 1.54) is 12.8 Å². The SMILES string of the molecule is O=C(CNC1CC1)NC(c1ccccc1)c1ccncc1. The molecular formula is C17H19N3O. The molecule has 1 aromatic carbocycles. The summed E-state index contributed by atoms with van der Waals surface area (Å²) >= 11 is 0. The number of benzene rings is 1. The molecule has 1 unspecified atom stereocenters. The van der Waals surface area contributed by atoms with Crippen LogP contribution in [0.3, 0.4) is 0 Å². The number of nitrogens with one attached hydrogen (secondary N) is 2. The van der Waals surface area contributed by atoms with Crippen molar-refractivity contribution in [3.8, 4) is 0 Å². The molecular weight excluding hydrogens is 262 g/mol. The van der Waals surface area contributed by atoms with Gasteiger partial charge >= 0.3 is 0 Å². The van der Waals surface area contributed by atoms with Crippen LogP contribution in [0.25, 0.3) is 0 Å². The first-order chi connectivity index (χ1) is 10.3. The molecule has 4 heteroatoms. The Labute approximate surface area is 124 Å². The van der Waals surface area contributed by atoms with Gasteiger partial charge in [-0.1, -0.05) is 30.3 Å². The molecule has 21 heavy (non-hydrogen) atoms. The molecule has 2 aromatic rings. The van der Waals surface area contributed by atoms with Gasteiger partial charge in [0.1, 0.15) is 0 Å². The fourth-order valence-electron chi connectivity index (χ4n) is 2.30. The Balaban J connectivity index is 1.74. The van der Waals surface area contributed by atoms with Gasteiger partial charge in [0.25, 0.3) is 0 Å². The summed E-state index contributed by atoms with van der Waals surface area (Å²) in [6, 6.07) is 14.3. The van der Waals surface area contributed by atoms with Gasteiger partial charge in [-0.2, -0.15) is 0 Å². The normalized spacial score (nSPS) is 15.4. The van der Waals surface area contributed by atoms with E-state index in [0.29, 0.717) is 12.6 Å². The molecule has 0 saturated heterocycles. The maximum atomic E-state index is 12.1. The predicted molar refractivity (Wildman–Crippen MR) is 81.7 cm³/mol. The topological polar surface area (TPSA) is 54.0 Å². The molecule has 3 rings (SSSR count). The Kier molecular flexibility index (Phi) is 4.26. The van der Waals surface area contributed by atoms with E-state index in [1.807, 2.05) is 42.5 Å². The molecule has 0 bridgehead atoms. The second-order valence-electron chi connectivity index (χ2n) is 5.35. The Morgan fingerprint density at radius 3 is 2.43 bits per heavy atom. The molecule has 0 aliphatic heterocycles. The van der Waals surface area contributed by atoms with E-state index in [2.05, 4.69) is 15.6 Å². The highest BCUT2D eigenvalue weighted by Crippen LogP contribution is 2.21. The quantitative estimate of drug-likeness (QED) is 0.852. The number of amides is 1. The van der Waals surface area contributed by atoms with E-state index in [-0.39, 0.29) is 11.9 Å². The number of aromatic nitrogens is 1. The molecule has 4 nitrogen and oxygen atoms in total. The largest absolute Gasteiger partial charge is 0.344 e. The molecule has 1 heterocycles. The van der Waals surface area contributed by atoms with Gasteiger partial charge in [0.2, 0.25) is 5.91 Å². The fraction of sp³-hybridized carbons (Fsp3) is 0.294. The lowest BCUT2D eigenvalue weighted by Gasteiger charge is -2.20. The lowest BCUT2D eigenvalue weighted by atomic mass is 10.00. The maximum absolute atomic E-state index is 12.1. The first-order valence-corrected chi connectivity index (χ1v) is 7.30. The van der Waals surface area contributed by atoms with Crippen LogP contribution in [0.15, 0.2) is 54.9 Å². The molecule has 1 aliphatic rings. The van der Waals surface area contributed by atoms with E-state index in [0.717, 1.165) is 11.1 Å².